The monoisotopic (exact) mass is 340 g/mol. The van der Waals surface area contributed by atoms with Crippen molar-refractivity contribution >= 4 is 40.4 Å². The fourth-order valence-electron chi connectivity index (χ4n) is 2.12. The molecule has 108 valence electrons. The standard InChI is InChI=1S/C15H11Cl3N2O/c1-21-13-3-2-8-20-9-12(19-14(13)20)10-4-6-11(7-5-10)15(16,17)18/h2-9H,1H3. The summed E-state index contributed by atoms with van der Waals surface area (Å²) in [5, 5.41) is 0. The van der Waals surface area contributed by atoms with Crippen molar-refractivity contribution in [1.29, 1.82) is 0 Å². The molecule has 0 aliphatic carbocycles. The van der Waals surface area contributed by atoms with Gasteiger partial charge in [0.2, 0.25) is 3.79 Å². The summed E-state index contributed by atoms with van der Waals surface area (Å²) in [7, 11) is 1.62. The molecule has 2 aromatic heterocycles. The Balaban J connectivity index is 2.04. The van der Waals surface area contributed by atoms with Crippen LogP contribution in [0.1, 0.15) is 5.56 Å². The van der Waals surface area contributed by atoms with Crippen LogP contribution in [0.15, 0.2) is 48.8 Å². The van der Waals surface area contributed by atoms with Gasteiger partial charge in [-0.2, -0.15) is 0 Å². The molecule has 3 aromatic rings. The molecule has 0 amide bonds. The molecule has 0 spiro atoms. The van der Waals surface area contributed by atoms with Gasteiger partial charge >= 0.3 is 0 Å². The van der Waals surface area contributed by atoms with E-state index >= 15 is 0 Å². The lowest BCUT2D eigenvalue weighted by molar-refractivity contribution is 0.417. The van der Waals surface area contributed by atoms with Crippen molar-refractivity contribution in [2.24, 2.45) is 0 Å². The van der Waals surface area contributed by atoms with Crippen molar-refractivity contribution in [3.8, 4) is 17.0 Å². The molecule has 6 heteroatoms. The van der Waals surface area contributed by atoms with Crippen LogP contribution in [-0.2, 0) is 3.79 Å². The Morgan fingerprint density at radius 3 is 2.43 bits per heavy atom. The predicted molar refractivity (Wildman–Crippen MR) is 86.4 cm³/mol. The van der Waals surface area contributed by atoms with Crippen LogP contribution in [0.3, 0.4) is 0 Å². The van der Waals surface area contributed by atoms with Crippen molar-refractivity contribution in [3.05, 3.63) is 54.4 Å². The molecule has 0 radical (unpaired) electrons. The number of methoxy groups -OCH3 is 1. The van der Waals surface area contributed by atoms with E-state index in [9.17, 15) is 0 Å². The number of hydrogen-bond acceptors (Lipinski definition) is 2. The zero-order valence-corrected chi connectivity index (χ0v) is 13.3. The first kappa shape index (κ1) is 14.5. The molecule has 0 unspecified atom stereocenters. The summed E-state index contributed by atoms with van der Waals surface area (Å²) in [6, 6.07) is 11.1. The van der Waals surface area contributed by atoms with Crippen molar-refractivity contribution in [2.45, 2.75) is 3.79 Å². The summed E-state index contributed by atoms with van der Waals surface area (Å²) in [5.41, 5.74) is 3.16. The van der Waals surface area contributed by atoms with E-state index in [4.69, 9.17) is 39.5 Å². The normalized spacial score (nSPS) is 11.8. The van der Waals surface area contributed by atoms with E-state index < -0.39 is 3.79 Å². The fourth-order valence-corrected chi connectivity index (χ4v) is 2.49. The summed E-state index contributed by atoms with van der Waals surface area (Å²) in [6.07, 6.45) is 3.85. The highest BCUT2D eigenvalue weighted by Crippen LogP contribution is 2.38. The van der Waals surface area contributed by atoms with Crippen molar-refractivity contribution in [3.63, 3.8) is 0 Å². The van der Waals surface area contributed by atoms with Gasteiger partial charge in [0.15, 0.2) is 11.4 Å². The van der Waals surface area contributed by atoms with Crippen molar-refractivity contribution in [2.75, 3.05) is 7.11 Å². The quantitative estimate of drug-likeness (QED) is 0.624. The van der Waals surface area contributed by atoms with Crippen LogP contribution < -0.4 is 4.74 Å². The van der Waals surface area contributed by atoms with Gasteiger partial charge in [-0.05, 0) is 12.1 Å². The molecule has 0 fully saturated rings. The van der Waals surface area contributed by atoms with Gasteiger partial charge in [-0.3, -0.25) is 0 Å². The molecule has 0 N–H and O–H groups in total. The third kappa shape index (κ3) is 2.82. The van der Waals surface area contributed by atoms with Crippen LogP contribution in [0.4, 0.5) is 0 Å². The number of hydrogen-bond donors (Lipinski definition) is 0. The Bertz CT molecular complexity index is 776. The maximum Gasteiger partial charge on any atom is 0.216 e. The van der Waals surface area contributed by atoms with Crippen LogP contribution in [0.2, 0.25) is 0 Å². The molecule has 2 heterocycles. The average Bonchev–Trinajstić information content (AvgIpc) is 2.90. The summed E-state index contributed by atoms with van der Waals surface area (Å²) in [6.45, 7) is 0. The second-order valence-electron chi connectivity index (χ2n) is 4.51. The second kappa shape index (κ2) is 5.41. The minimum atomic E-state index is -1.42. The number of aromatic nitrogens is 2. The molecular weight excluding hydrogens is 331 g/mol. The predicted octanol–water partition coefficient (Wildman–Crippen LogP) is 4.84. The summed E-state index contributed by atoms with van der Waals surface area (Å²) < 4.78 is 5.80. The van der Waals surface area contributed by atoms with Gasteiger partial charge in [0.05, 0.1) is 12.8 Å². The smallest absolute Gasteiger partial charge is 0.216 e. The second-order valence-corrected chi connectivity index (χ2v) is 6.79. The van der Waals surface area contributed by atoms with E-state index in [1.807, 2.05) is 41.1 Å². The minimum absolute atomic E-state index is 0.623. The Morgan fingerprint density at radius 1 is 1.10 bits per heavy atom. The van der Waals surface area contributed by atoms with E-state index in [-0.39, 0.29) is 0 Å². The van der Waals surface area contributed by atoms with Crippen LogP contribution >= 0.6 is 34.8 Å². The number of alkyl halides is 3. The number of imidazole rings is 1. The molecule has 0 atom stereocenters. The Kier molecular flexibility index (Phi) is 3.74. The molecule has 3 nitrogen and oxygen atoms in total. The Hall–Kier alpha value is -1.42. The molecule has 0 saturated heterocycles. The largest absolute Gasteiger partial charge is 0.493 e. The molecule has 0 aliphatic rings. The summed E-state index contributed by atoms with van der Waals surface area (Å²) in [5.74, 6) is 0.724. The number of rotatable bonds is 2. The van der Waals surface area contributed by atoms with Crippen LogP contribution in [0.25, 0.3) is 16.9 Å². The highest BCUT2D eigenvalue weighted by Gasteiger charge is 2.22. The maximum absolute atomic E-state index is 5.86. The van der Waals surface area contributed by atoms with E-state index in [0.29, 0.717) is 5.56 Å². The summed E-state index contributed by atoms with van der Waals surface area (Å²) >= 11 is 17.6. The molecule has 0 aliphatic heterocycles. The molecule has 0 bridgehead atoms. The van der Waals surface area contributed by atoms with Crippen LogP contribution in [0, 0.1) is 0 Å². The molecule has 0 saturated carbocycles. The first-order chi connectivity index (χ1) is 9.99. The lowest BCUT2D eigenvalue weighted by Gasteiger charge is -2.10. The van der Waals surface area contributed by atoms with Gasteiger partial charge in [0, 0.05) is 23.5 Å². The number of nitrogens with zero attached hydrogens (tertiary/aromatic N) is 2. The Morgan fingerprint density at radius 2 is 1.81 bits per heavy atom. The van der Waals surface area contributed by atoms with Gasteiger partial charge in [0.1, 0.15) is 0 Å². The lowest BCUT2D eigenvalue weighted by Crippen LogP contribution is -1.98. The molecular formula is C15H11Cl3N2O. The first-order valence-corrected chi connectivity index (χ1v) is 7.32. The summed E-state index contributed by atoms with van der Waals surface area (Å²) in [4.78, 5) is 4.58. The lowest BCUT2D eigenvalue weighted by atomic mass is 10.1. The maximum atomic E-state index is 5.86. The minimum Gasteiger partial charge on any atom is -0.493 e. The highest BCUT2D eigenvalue weighted by atomic mass is 35.6. The molecule has 21 heavy (non-hydrogen) atoms. The molecule has 3 rings (SSSR count). The van der Waals surface area contributed by atoms with Gasteiger partial charge in [-0.15, -0.1) is 0 Å². The third-order valence-electron chi connectivity index (χ3n) is 3.17. The SMILES string of the molecule is COc1cccn2cc(-c3ccc(C(Cl)(Cl)Cl)cc3)nc12. The topological polar surface area (TPSA) is 26.5 Å². The van der Waals surface area contributed by atoms with E-state index in [2.05, 4.69) is 4.98 Å². The number of pyridine rings is 1. The van der Waals surface area contributed by atoms with Gasteiger partial charge in [0.25, 0.3) is 0 Å². The molecule has 1 aromatic carbocycles. The average molecular weight is 342 g/mol. The van der Waals surface area contributed by atoms with Gasteiger partial charge in [-0.25, -0.2) is 4.98 Å². The van der Waals surface area contributed by atoms with E-state index in [0.717, 1.165) is 22.7 Å². The number of benzene rings is 1. The zero-order chi connectivity index (χ0) is 15.0. The van der Waals surface area contributed by atoms with E-state index in [1.54, 1.807) is 19.2 Å². The highest BCUT2D eigenvalue weighted by molar-refractivity contribution is 6.66. The van der Waals surface area contributed by atoms with E-state index in [1.165, 1.54) is 0 Å². The van der Waals surface area contributed by atoms with Gasteiger partial charge in [-0.1, -0.05) is 59.1 Å². The Labute approximate surface area is 137 Å². The first-order valence-electron chi connectivity index (χ1n) is 6.18. The van der Waals surface area contributed by atoms with Crippen molar-refractivity contribution in [1.82, 2.24) is 9.38 Å². The fraction of sp³-hybridized carbons (Fsp3) is 0.133. The van der Waals surface area contributed by atoms with Crippen molar-refractivity contribution < 1.29 is 4.74 Å². The number of halogens is 3. The third-order valence-corrected chi connectivity index (χ3v) is 3.83. The van der Waals surface area contributed by atoms with Crippen LogP contribution in [0.5, 0.6) is 5.75 Å². The van der Waals surface area contributed by atoms with Crippen LogP contribution in [-0.4, -0.2) is 16.5 Å². The zero-order valence-electron chi connectivity index (χ0n) is 11.1. The number of ether oxygens (including phenoxy) is 1. The van der Waals surface area contributed by atoms with Gasteiger partial charge < -0.3 is 9.14 Å². The number of fused-ring (bicyclic) bond motifs is 1.